The Morgan fingerprint density at radius 2 is 2.07 bits per heavy atom. The highest BCUT2D eigenvalue weighted by Gasteiger charge is 2.26. The molecule has 1 aliphatic heterocycles. The van der Waals surface area contributed by atoms with Crippen LogP contribution < -0.4 is 4.74 Å². The lowest BCUT2D eigenvalue weighted by Gasteiger charge is -2.32. The topological polar surface area (TPSA) is 73.1 Å². The Labute approximate surface area is 157 Å². The van der Waals surface area contributed by atoms with Gasteiger partial charge in [0.05, 0.1) is 12.9 Å². The number of carbonyl (C=O) groups is 1. The van der Waals surface area contributed by atoms with Crippen molar-refractivity contribution in [1.29, 1.82) is 0 Å². The molecular weight excluding hydrogens is 342 g/mol. The normalized spacial score (nSPS) is 16.9. The molecule has 0 spiro atoms. The van der Waals surface area contributed by atoms with Crippen molar-refractivity contribution in [3.8, 4) is 5.88 Å². The van der Waals surface area contributed by atoms with Crippen LogP contribution in [-0.4, -0.2) is 49.7 Å². The molecule has 7 heteroatoms. The third-order valence-electron chi connectivity index (χ3n) is 4.63. The highest BCUT2D eigenvalue weighted by molar-refractivity contribution is 5.94. The van der Waals surface area contributed by atoms with Crippen LogP contribution >= 0.6 is 0 Å². The van der Waals surface area contributed by atoms with Crippen LogP contribution in [0.1, 0.15) is 28.8 Å². The lowest BCUT2D eigenvalue weighted by atomic mass is 10.1. The van der Waals surface area contributed by atoms with Crippen molar-refractivity contribution in [2.75, 3.05) is 13.1 Å². The van der Waals surface area contributed by atoms with Gasteiger partial charge >= 0.3 is 0 Å². The van der Waals surface area contributed by atoms with E-state index in [4.69, 9.17) is 4.74 Å². The molecule has 4 rings (SSSR count). The number of carbonyl (C=O) groups excluding carboxylic acids is 1. The number of aromatic nitrogens is 4. The predicted octanol–water partition coefficient (Wildman–Crippen LogP) is 2.41. The number of benzene rings is 1. The third kappa shape index (κ3) is 4.31. The van der Waals surface area contributed by atoms with Gasteiger partial charge in [-0.2, -0.15) is 5.10 Å². The number of hydrogen-bond acceptors (Lipinski definition) is 5. The summed E-state index contributed by atoms with van der Waals surface area (Å²) >= 11 is 0. The van der Waals surface area contributed by atoms with Gasteiger partial charge < -0.3 is 14.2 Å². The van der Waals surface area contributed by atoms with Crippen LogP contribution in [-0.2, 0) is 6.54 Å². The summed E-state index contributed by atoms with van der Waals surface area (Å²) in [6.45, 7) is 2.05. The van der Waals surface area contributed by atoms with Crippen LogP contribution in [0.15, 0.2) is 61.3 Å². The minimum atomic E-state index is -0.0556. The van der Waals surface area contributed by atoms with Crippen molar-refractivity contribution in [2.24, 2.45) is 0 Å². The number of imidazole rings is 1. The minimum absolute atomic E-state index is 0.0385. The summed E-state index contributed by atoms with van der Waals surface area (Å²) < 4.78 is 7.87. The summed E-state index contributed by atoms with van der Waals surface area (Å²) in [5.41, 5.74) is 1.83. The lowest BCUT2D eigenvalue weighted by Crippen LogP contribution is -2.44. The zero-order chi connectivity index (χ0) is 18.5. The zero-order valence-corrected chi connectivity index (χ0v) is 14.9. The number of piperidine rings is 1. The Bertz CT molecular complexity index is 865. The first kappa shape index (κ1) is 17.2. The highest BCUT2D eigenvalue weighted by Crippen LogP contribution is 2.18. The molecule has 1 saturated heterocycles. The predicted molar refractivity (Wildman–Crippen MR) is 99.4 cm³/mol. The minimum Gasteiger partial charge on any atom is -0.471 e. The van der Waals surface area contributed by atoms with Crippen molar-refractivity contribution < 1.29 is 9.53 Å². The van der Waals surface area contributed by atoms with Gasteiger partial charge in [0.1, 0.15) is 6.10 Å². The van der Waals surface area contributed by atoms with E-state index in [0.717, 1.165) is 31.5 Å². The van der Waals surface area contributed by atoms with Gasteiger partial charge in [0, 0.05) is 43.3 Å². The van der Waals surface area contributed by atoms with Crippen molar-refractivity contribution in [3.05, 3.63) is 72.4 Å². The second-order valence-corrected chi connectivity index (χ2v) is 6.63. The van der Waals surface area contributed by atoms with Crippen LogP contribution in [0.25, 0.3) is 0 Å². The number of rotatable bonds is 5. The van der Waals surface area contributed by atoms with Crippen molar-refractivity contribution in [2.45, 2.75) is 25.5 Å². The fourth-order valence-electron chi connectivity index (χ4n) is 3.27. The molecule has 0 saturated carbocycles. The molecule has 1 aromatic carbocycles. The van der Waals surface area contributed by atoms with Gasteiger partial charge in [0.15, 0.2) is 0 Å². The molecule has 1 fully saturated rings. The summed E-state index contributed by atoms with van der Waals surface area (Å²) in [4.78, 5) is 18.8. The Morgan fingerprint density at radius 1 is 1.19 bits per heavy atom. The van der Waals surface area contributed by atoms with Gasteiger partial charge in [-0.05, 0) is 36.6 Å². The number of amides is 1. The molecule has 1 amide bonds. The Morgan fingerprint density at radius 3 is 2.81 bits per heavy atom. The smallest absolute Gasteiger partial charge is 0.253 e. The van der Waals surface area contributed by atoms with E-state index in [2.05, 4.69) is 15.2 Å². The van der Waals surface area contributed by atoms with E-state index in [1.165, 1.54) is 0 Å². The first-order valence-electron chi connectivity index (χ1n) is 9.06. The van der Waals surface area contributed by atoms with Gasteiger partial charge in [-0.25, -0.2) is 4.98 Å². The molecule has 0 N–H and O–H groups in total. The van der Waals surface area contributed by atoms with Crippen molar-refractivity contribution in [3.63, 3.8) is 0 Å². The van der Waals surface area contributed by atoms with Crippen LogP contribution in [0.3, 0.4) is 0 Å². The first-order valence-corrected chi connectivity index (χ1v) is 9.06. The number of hydrogen-bond donors (Lipinski definition) is 0. The van der Waals surface area contributed by atoms with E-state index < -0.39 is 0 Å². The molecule has 3 aromatic rings. The molecule has 1 aliphatic rings. The van der Waals surface area contributed by atoms with E-state index in [1.54, 1.807) is 30.9 Å². The molecule has 3 heterocycles. The summed E-state index contributed by atoms with van der Waals surface area (Å²) in [5.74, 6) is 0.539. The Hall–Kier alpha value is -3.22. The number of ether oxygens (including phenoxy) is 1. The molecular formula is C20H21N5O2. The second-order valence-electron chi connectivity index (χ2n) is 6.63. The lowest BCUT2D eigenvalue weighted by molar-refractivity contribution is 0.0525. The van der Waals surface area contributed by atoms with Gasteiger partial charge in [0.2, 0.25) is 5.88 Å². The quantitative estimate of drug-likeness (QED) is 0.696. The van der Waals surface area contributed by atoms with E-state index >= 15 is 0 Å². The van der Waals surface area contributed by atoms with Crippen LogP contribution in [0.2, 0.25) is 0 Å². The van der Waals surface area contributed by atoms with Crippen LogP contribution in [0.4, 0.5) is 0 Å². The Balaban J connectivity index is 1.38. The van der Waals surface area contributed by atoms with E-state index in [1.807, 2.05) is 39.9 Å². The monoisotopic (exact) mass is 363 g/mol. The molecule has 1 atom stereocenters. The molecule has 27 heavy (non-hydrogen) atoms. The molecule has 1 unspecified atom stereocenters. The molecule has 2 aromatic heterocycles. The summed E-state index contributed by atoms with van der Waals surface area (Å²) in [6, 6.07) is 11.3. The summed E-state index contributed by atoms with van der Waals surface area (Å²) in [6.07, 6.45) is 8.83. The summed E-state index contributed by atoms with van der Waals surface area (Å²) in [5, 5.41) is 7.78. The van der Waals surface area contributed by atoms with E-state index in [-0.39, 0.29) is 12.0 Å². The van der Waals surface area contributed by atoms with Crippen LogP contribution in [0, 0.1) is 0 Å². The zero-order valence-electron chi connectivity index (χ0n) is 14.9. The number of nitrogens with zero attached hydrogens (tertiary/aromatic N) is 5. The maximum Gasteiger partial charge on any atom is 0.253 e. The highest BCUT2D eigenvalue weighted by atomic mass is 16.5. The van der Waals surface area contributed by atoms with E-state index in [9.17, 15) is 4.79 Å². The Kier molecular flexibility index (Phi) is 5.09. The third-order valence-corrected chi connectivity index (χ3v) is 4.63. The fraction of sp³-hybridized carbons (Fsp3) is 0.300. The van der Waals surface area contributed by atoms with Crippen molar-refractivity contribution in [1.82, 2.24) is 24.6 Å². The standard InChI is InChI=1S/C20H21N5O2/c26-20(17-7-5-16(6-8-17)13-24-12-10-21-15-24)25-11-2-3-18(14-25)27-19-4-1-9-22-23-19/h1,4-10,12,15,18H,2-3,11,13-14H2. The largest absolute Gasteiger partial charge is 0.471 e. The van der Waals surface area contributed by atoms with Gasteiger partial charge in [0.25, 0.3) is 5.91 Å². The molecule has 7 nitrogen and oxygen atoms in total. The van der Waals surface area contributed by atoms with Gasteiger partial charge in [-0.1, -0.05) is 12.1 Å². The van der Waals surface area contributed by atoms with Gasteiger partial charge in [-0.3, -0.25) is 4.79 Å². The molecule has 0 bridgehead atoms. The van der Waals surface area contributed by atoms with Crippen molar-refractivity contribution >= 4 is 5.91 Å². The maximum absolute atomic E-state index is 12.9. The fourth-order valence-corrected chi connectivity index (χ4v) is 3.27. The first-order chi connectivity index (χ1) is 13.3. The summed E-state index contributed by atoms with van der Waals surface area (Å²) in [7, 11) is 0. The molecule has 0 radical (unpaired) electrons. The number of likely N-dealkylation sites (tertiary alicyclic amines) is 1. The molecule has 0 aliphatic carbocycles. The van der Waals surface area contributed by atoms with Crippen LogP contribution in [0.5, 0.6) is 5.88 Å². The molecule has 138 valence electrons. The second kappa shape index (κ2) is 7.99. The maximum atomic E-state index is 12.9. The average Bonchev–Trinajstić information content (AvgIpc) is 3.22. The van der Waals surface area contributed by atoms with E-state index in [0.29, 0.717) is 18.0 Å². The van der Waals surface area contributed by atoms with Gasteiger partial charge in [-0.15, -0.1) is 5.10 Å². The SMILES string of the molecule is O=C(c1ccc(Cn2ccnc2)cc1)N1CCCC(Oc2cccnn2)C1. The average molecular weight is 363 g/mol.